The minimum Gasteiger partial charge on any atom is -0.478 e. The first-order chi connectivity index (χ1) is 10.8. The fraction of sp³-hybridized carbons (Fsp3) is 0.0667. The molecule has 0 fully saturated rings. The van der Waals surface area contributed by atoms with Crippen molar-refractivity contribution in [2.24, 2.45) is 0 Å². The van der Waals surface area contributed by atoms with Gasteiger partial charge in [-0.05, 0) is 29.3 Å². The Morgan fingerprint density at radius 3 is 2.39 bits per heavy atom. The molecule has 0 bridgehead atoms. The van der Waals surface area contributed by atoms with E-state index in [0.29, 0.717) is 11.1 Å². The second kappa shape index (κ2) is 6.45. The monoisotopic (exact) mass is 335 g/mol. The van der Waals surface area contributed by atoms with E-state index in [-0.39, 0.29) is 21.8 Å². The minimum atomic E-state index is -1.28. The number of nitro groups is 1. The summed E-state index contributed by atoms with van der Waals surface area (Å²) in [5.41, 5.74) is 0.306. The molecule has 0 aliphatic heterocycles. The number of aromatic carboxylic acids is 1. The molecule has 0 radical (unpaired) electrons. The number of carbonyl (C=O) groups excluding carboxylic acids is 1. The standard InChI is InChI=1S/C15H10ClNO6/c1-23-15(20)12-3-2-8(7-13(12)16)9-4-10(14(18)19)6-11(5-9)17(21)22/h2-7H,1H3,(H,18,19). The zero-order valence-electron chi connectivity index (χ0n) is 11.8. The lowest BCUT2D eigenvalue weighted by atomic mass is 10.0. The molecule has 0 unspecified atom stereocenters. The number of methoxy groups -OCH3 is 1. The molecule has 7 nitrogen and oxygen atoms in total. The van der Waals surface area contributed by atoms with Gasteiger partial charge in [0.2, 0.25) is 0 Å². The Morgan fingerprint density at radius 1 is 1.17 bits per heavy atom. The number of esters is 1. The zero-order chi connectivity index (χ0) is 17.1. The first-order valence-corrected chi connectivity index (χ1v) is 6.62. The normalized spacial score (nSPS) is 10.2. The summed E-state index contributed by atoms with van der Waals surface area (Å²) in [6.07, 6.45) is 0. The first-order valence-electron chi connectivity index (χ1n) is 6.24. The molecule has 0 saturated heterocycles. The summed E-state index contributed by atoms with van der Waals surface area (Å²) in [6, 6.07) is 7.81. The number of hydrogen-bond donors (Lipinski definition) is 1. The van der Waals surface area contributed by atoms with Crippen molar-refractivity contribution in [1.29, 1.82) is 0 Å². The summed E-state index contributed by atoms with van der Waals surface area (Å²) in [5, 5.41) is 20.1. The van der Waals surface area contributed by atoms with Gasteiger partial charge in [-0.3, -0.25) is 10.1 Å². The number of carboxylic acid groups (broad SMARTS) is 1. The molecule has 118 valence electrons. The number of nitrogens with zero attached hydrogens (tertiary/aromatic N) is 1. The van der Waals surface area contributed by atoms with Crippen LogP contribution in [-0.4, -0.2) is 29.1 Å². The number of carboxylic acids is 1. The molecular formula is C15H10ClNO6. The lowest BCUT2D eigenvalue weighted by molar-refractivity contribution is -0.384. The fourth-order valence-electron chi connectivity index (χ4n) is 1.98. The van der Waals surface area contributed by atoms with Gasteiger partial charge in [-0.15, -0.1) is 0 Å². The van der Waals surface area contributed by atoms with Crippen LogP contribution in [0.1, 0.15) is 20.7 Å². The molecule has 23 heavy (non-hydrogen) atoms. The number of hydrogen-bond acceptors (Lipinski definition) is 5. The number of halogens is 1. The van der Waals surface area contributed by atoms with Crippen LogP contribution < -0.4 is 0 Å². The van der Waals surface area contributed by atoms with Gasteiger partial charge in [0, 0.05) is 12.1 Å². The maximum Gasteiger partial charge on any atom is 0.339 e. The number of nitro benzene ring substituents is 1. The number of carbonyl (C=O) groups is 2. The second-order valence-electron chi connectivity index (χ2n) is 4.52. The highest BCUT2D eigenvalue weighted by Crippen LogP contribution is 2.29. The second-order valence-corrected chi connectivity index (χ2v) is 4.92. The van der Waals surface area contributed by atoms with Crippen molar-refractivity contribution in [3.63, 3.8) is 0 Å². The van der Waals surface area contributed by atoms with Crippen LogP contribution in [0.2, 0.25) is 5.02 Å². The lowest BCUT2D eigenvalue weighted by Gasteiger charge is -2.07. The van der Waals surface area contributed by atoms with Gasteiger partial charge in [0.25, 0.3) is 5.69 Å². The van der Waals surface area contributed by atoms with Crippen molar-refractivity contribution in [1.82, 2.24) is 0 Å². The molecule has 0 heterocycles. The van der Waals surface area contributed by atoms with E-state index in [2.05, 4.69) is 4.74 Å². The van der Waals surface area contributed by atoms with Crippen molar-refractivity contribution in [3.05, 3.63) is 62.7 Å². The van der Waals surface area contributed by atoms with Gasteiger partial charge in [0.05, 0.1) is 28.2 Å². The van der Waals surface area contributed by atoms with Crippen LogP contribution in [0.25, 0.3) is 11.1 Å². The van der Waals surface area contributed by atoms with E-state index in [1.807, 2.05) is 0 Å². The highest BCUT2D eigenvalue weighted by atomic mass is 35.5. The molecular weight excluding hydrogens is 326 g/mol. The minimum absolute atomic E-state index is 0.0951. The van der Waals surface area contributed by atoms with Crippen LogP contribution in [0.4, 0.5) is 5.69 Å². The molecule has 2 rings (SSSR count). The summed E-state index contributed by atoms with van der Waals surface area (Å²) in [5.74, 6) is -1.90. The molecule has 0 amide bonds. The Balaban J connectivity index is 2.57. The van der Waals surface area contributed by atoms with E-state index >= 15 is 0 Å². The maximum atomic E-state index is 11.5. The topological polar surface area (TPSA) is 107 Å². The smallest absolute Gasteiger partial charge is 0.339 e. The van der Waals surface area contributed by atoms with Gasteiger partial charge in [-0.25, -0.2) is 9.59 Å². The van der Waals surface area contributed by atoms with E-state index in [0.717, 1.165) is 6.07 Å². The summed E-state index contributed by atoms with van der Waals surface area (Å²) >= 11 is 6.01. The van der Waals surface area contributed by atoms with Gasteiger partial charge < -0.3 is 9.84 Å². The Hall–Kier alpha value is -2.93. The Kier molecular flexibility index (Phi) is 4.61. The zero-order valence-corrected chi connectivity index (χ0v) is 12.5. The van der Waals surface area contributed by atoms with E-state index < -0.39 is 16.9 Å². The predicted molar refractivity (Wildman–Crippen MR) is 81.8 cm³/mol. The van der Waals surface area contributed by atoms with Crippen LogP contribution >= 0.6 is 11.6 Å². The fourth-order valence-corrected chi connectivity index (χ4v) is 2.23. The highest BCUT2D eigenvalue weighted by molar-refractivity contribution is 6.33. The van der Waals surface area contributed by atoms with Crippen LogP contribution in [0.15, 0.2) is 36.4 Å². The first kappa shape index (κ1) is 16.4. The van der Waals surface area contributed by atoms with Gasteiger partial charge in [0.1, 0.15) is 0 Å². The number of non-ortho nitro benzene ring substituents is 1. The average Bonchev–Trinajstić information content (AvgIpc) is 2.53. The molecule has 0 spiro atoms. The Bertz CT molecular complexity index is 785. The predicted octanol–water partition coefficient (Wildman–Crippen LogP) is 3.40. The third-order valence-electron chi connectivity index (χ3n) is 3.08. The maximum absolute atomic E-state index is 11.5. The molecule has 8 heteroatoms. The molecule has 1 N–H and O–H groups in total. The lowest BCUT2D eigenvalue weighted by Crippen LogP contribution is -2.02. The van der Waals surface area contributed by atoms with Gasteiger partial charge in [-0.2, -0.15) is 0 Å². The molecule has 0 atom stereocenters. The summed E-state index contributed by atoms with van der Waals surface area (Å²) < 4.78 is 4.57. The molecule has 0 aliphatic carbocycles. The van der Waals surface area contributed by atoms with Crippen LogP contribution in [-0.2, 0) is 4.74 Å². The third-order valence-corrected chi connectivity index (χ3v) is 3.40. The third kappa shape index (κ3) is 3.46. The Labute approximate surface area is 135 Å². The molecule has 0 saturated carbocycles. The summed E-state index contributed by atoms with van der Waals surface area (Å²) in [7, 11) is 1.21. The SMILES string of the molecule is COC(=O)c1ccc(-c2cc(C(=O)O)cc([N+](=O)[O-])c2)cc1Cl. The summed E-state index contributed by atoms with van der Waals surface area (Å²) in [4.78, 5) is 32.8. The summed E-state index contributed by atoms with van der Waals surface area (Å²) in [6.45, 7) is 0. The van der Waals surface area contributed by atoms with E-state index in [4.69, 9.17) is 16.7 Å². The van der Waals surface area contributed by atoms with E-state index in [1.165, 1.54) is 37.4 Å². The van der Waals surface area contributed by atoms with E-state index in [9.17, 15) is 19.7 Å². The van der Waals surface area contributed by atoms with Crippen LogP contribution in [0, 0.1) is 10.1 Å². The number of rotatable bonds is 4. The molecule has 2 aromatic carbocycles. The van der Waals surface area contributed by atoms with Gasteiger partial charge in [0.15, 0.2) is 0 Å². The van der Waals surface area contributed by atoms with E-state index in [1.54, 1.807) is 0 Å². The van der Waals surface area contributed by atoms with Gasteiger partial charge in [-0.1, -0.05) is 17.7 Å². The molecule has 0 aromatic heterocycles. The average molecular weight is 336 g/mol. The molecule has 2 aromatic rings. The van der Waals surface area contributed by atoms with Crippen LogP contribution in [0.3, 0.4) is 0 Å². The quantitative estimate of drug-likeness (QED) is 0.521. The van der Waals surface area contributed by atoms with Gasteiger partial charge >= 0.3 is 11.9 Å². The van der Waals surface area contributed by atoms with Crippen molar-refractivity contribution in [2.45, 2.75) is 0 Å². The molecule has 0 aliphatic rings. The highest BCUT2D eigenvalue weighted by Gasteiger charge is 2.16. The van der Waals surface area contributed by atoms with Crippen molar-refractivity contribution in [2.75, 3.05) is 7.11 Å². The van der Waals surface area contributed by atoms with Crippen molar-refractivity contribution >= 4 is 29.2 Å². The number of ether oxygens (including phenoxy) is 1. The Morgan fingerprint density at radius 2 is 1.87 bits per heavy atom. The van der Waals surface area contributed by atoms with Crippen molar-refractivity contribution < 1.29 is 24.4 Å². The van der Waals surface area contributed by atoms with Crippen molar-refractivity contribution in [3.8, 4) is 11.1 Å². The number of benzene rings is 2. The van der Waals surface area contributed by atoms with Crippen LogP contribution in [0.5, 0.6) is 0 Å². The largest absolute Gasteiger partial charge is 0.478 e.